The zero-order chi connectivity index (χ0) is 9.90. The van der Waals surface area contributed by atoms with E-state index in [1.807, 2.05) is 18.7 Å². The fourth-order valence-electron chi connectivity index (χ4n) is 1.47. The van der Waals surface area contributed by atoms with E-state index < -0.39 is 0 Å². The molecule has 0 radical (unpaired) electrons. The number of alkyl halides is 1. The molecule has 13 heavy (non-hydrogen) atoms. The third kappa shape index (κ3) is 3.27. The van der Waals surface area contributed by atoms with Crippen LogP contribution in [0, 0.1) is 0 Å². The molecule has 76 valence electrons. The predicted molar refractivity (Wildman–Crippen MR) is 55.0 cm³/mol. The maximum absolute atomic E-state index is 11.5. The normalized spacial score (nSPS) is 21.6. The van der Waals surface area contributed by atoms with E-state index in [1.54, 1.807) is 0 Å². The number of carbonyl (C=O) groups excluding carboxylic acids is 1. The fraction of sp³-hybridized carbons (Fsp3) is 0.889. The Morgan fingerprint density at radius 3 is 2.85 bits per heavy atom. The number of nitrogens with zero attached hydrogens (tertiary/aromatic N) is 1. The third-order valence-electron chi connectivity index (χ3n) is 2.09. The summed E-state index contributed by atoms with van der Waals surface area (Å²) >= 11 is 3.27. The van der Waals surface area contributed by atoms with Gasteiger partial charge in [-0.05, 0) is 13.8 Å². The van der Waals surface area contributed by atoms with Crippen molar-refractivity contribution < 1.29 is 9.53 Å². The van der Waals surface area contributed by atoms with Gasteiger partial charge in [-0.1, -0.05) is 15.9 Å². The van der Waals surface area contributed by atoms with Gasteiger partial charge in [0.15, 0.2) is 0 Å². The van der Waals surface area contributed by atoms with Gasteiger partial charge in [0, 0.05) is 24.8 Å². The van der Waals surface area contributed by atoms with E-state index in [0.29, 0.717) is 19.6 Å². The molecule has 0 aromatic carbocycles. The van der Waals surface area contributed by atoms with Crippen LogP contribution in [0.3, 0.4) is 0 Å². The minimum absolute atomic E-state index is 0.180. The number of morpholine rings is 1. The fourth-order valence-corrected chi connectivity index (χ4v) is 1.81. The summed E-state index contributed by atoms with van der Waals surface area (Å²) in [6.45, 7) is 6.12. The van der Waals surface area contributed by atoms with Crippen molar-refractivity contribution >= 4 is 21.8 Å². The van der Waals surface area contributed by atoms with Crippen molar-refractivity contribution in [2.24, 2.45) is 0 Å². The van der Waals surface area contributed by atoms with Crippen molar-refractivity contribution in [3.63, 3.8) is 0 Å². The number of amides is 1. The minimum atomic E-state index is -0.180. The van der Waals surface area contributed by atoms with E-state index in [9.17, 15) is 4.79 Å². The van der Waals surface area contributed by atoms with Crippen molar-refractivity contribution in [2.45, 2.75) is 25.9 Å². The molecule has 1 saturated heterocycles. The average molecular weight is 250 g/mol. The predicted octanol–water partition coefficient (Wildman–Crippen LogP) is 1.41. The quantitative estimate of drug-likeness (QED) is 0.693. The maximum atomic E-state index is 11.5. The summed E-state index contributed by atoms with van der Waals surface area (Å²) in [4.78, 5) is 13.4. The summed E-state index contributed by atoms with van der Waals surface area (Å²) in [6.07, 6.45) is 0.579. The molecule has 0 aromatic heterocycles. The number of hydrogen-bond donors (Lipinski definition) is 0. The zero-order valence-electron chi connectivity index (χ0n) is 8.18. The summed E-state index contributed by atoms with van der Waals surface area (Å²) in [6, 6.07) is 0. The molecule has 0 spiro atoms. The molecule has 4 heteroatoms. The Balaban J connectivity index is 2.47. The van der Waals surface area contributed by atoms with Gasteiger partial charge >= 0.3 is 0 Å². The van der Waals surface area contributed by atoms with Crippen molar-refractivity contribution in [3.8, 4) is 0 Å². The van der Waals surface area contributed by atoms with E-state index in [4.69, 9.17) is 4.74 Å². The van der Waals surface area contributed by atoms with Crippen LogP contribution in [0.1, 0.15) is 20.3 Å². The molecule has 1 fully saturated rings. The van der Waals surface area contributed by atoms with E-state index in [-0.39, 0.29) is 11.5 Å². The van der Waals surface area contributed by atoms with Crippen LogP contribution in [0.15, 0.2) is 0 Å². The Morgan fingerprint density at radius 2 is 2.31 bits per heavy atom. The van der Waals surface area contributed by atoms with Gasteiger partial charge in [-0.3, -0.25) is 4.79 Å². The van der Waals surface area contributed by atoms with E-state index in [0.717, 1.165) is 11.9 Å². The largest absolute Gasteiger partial charge is 0.372 e. The topological polar surface area (TPSA) is 29.5 Å². The highest BCUT2D eigenvalue weighted by Crippen LogP contribution is 2.16. The summed E-state index contributed by atoms with van der Waals surface area (Å²) in [5, 5.41) is 0.740. The van der Waals surface area contributed by atoms with E-state index in [1.165, 1.54) is 0 Å². The van der Waals surface area contributed by atoms with Gasteiger partial charge < -0.3 is 9.64 Å². The Kier molecular flexibility index (Phi) is 3.74. The van der Waals surface area contributed by atoms with E-state index >= 15 is 0 Å². The number of hydrogen-bond acceptors (Lipinski definition) is 2. The van der Waals surface area contributed by atoms with Crippen molar-refractivity contribution in [2.75, 3.05) is 25.0 Å². The molecular formula is C9H16BrNO2. The van der Waals surface area contributed by atoms with Gasteiger partial charge in [0.25, 0.3) is 0 Å². The standard InChI is InChI=1S/C9H16BrNO2/c1-9(2)7-11(5-6-13-9)8(12)3-4-10/h3-7H2,1-2H3. The molecule has 1 heterocycles. The first-order chi connectivity index (χ1) is 6.05. The summed E-state index contributed by atoms with van der Waals surface area (Å²) < 4.78 is 5.52. The van der Waals surface area contributed by atoms with Gasteiger partial charge in [0.05, 0.1) is 12.2 Å². The molecule has 0 bridgehead atoms. The number of ether oxygens (including phenoxy) is 1. The second kappa shape index (κ2) is 4.42. The summed E-state index contributed by atoms with van der Waals surface area (Å²) in [5.41, 5.74) is -0.180. The molecule has 0 N–H and O–H groups in total. The second-order valence-electron chi connectivity index (χ2n) is 3.86. The molecular weight excluding hydrogens is 234 g/mol. The Bertz CT molecular complexity index is 194. The van der Waals surface area contributed by atoms with Gasteiger partial charge in [-0.15, -0.1) is 0 Å². The highest BCUT2D eigenvalue weighted by Gasteiger charge is 2.29. The van der Waals surface area contributed by atoms with Crippen LogP contribution >= 0.6 is 15.9 Å². The molecule has 1 amide bonds. The van der Waals surface area contributed by atoms with Gasteiger partial charge in [0.2, 0.25) is 5.91 Å². The van der Waals surface area contributed by atoms with Crippen LogP contribution < -0.4 is 0 Å². The first-order valence-corrected chi connectivity index (χ1v) is 5.65. The number of rotatable bonds is 2. The monoisotopic (exact) mass is 249 g/mol. The second-order valence-corrected chi connectivity index (χ2v) is 4.66. The first kappa shape index (κ1) is 11.0. The van der Waals surface area contributed by atoms with Crippen molar-refractivity contribution in [1.82, 2.24) is 4.90 Å². The Hall–Kier alpha value is -0.0900. The molecule has 0 atom stereocenters. The number of carbonyl (C=O) groups is 1. The molecule has 3 nitrogen and oxygen atoms in total. The lowest BCUT2D eigenvalue weighted by Crippen LogP contribution is -2.50. The molecule has 0 aliphatic carbocycles. The number of halogens is 1. The van der Waals surface area contributed by atoms with Crippen molar-refractivity contribution in [1.29, 1.82) is 0 Å². The van der Waals surface area contributed by atoms with Gasteiger partial charge in [-0.25, -0.2) is 0 Å². The lowest BCUT2D eigenvalue weighted by molar-refractivity contribution is -0.145. The third-order valence-corrected chi connectivity index (χ3v) is 2.48. The van der Waals surface area contributed by atoms with Gasteiger partial charge in [-0.2, -0.15) is 0 Å². The highest BCUT2D eigenvalue weighted by molar-refractivity contribution is 9.09. The molecule has 0 aromatic rings. The highest BCUT2D eigenvalue weighted by atomic mass is 79.9. The van der Waals surface area contributed by atoms with Crippen LogP contribution in [0.25, 0.3) is 0 Å². The Labute approximate surface area is 87.6 Å². The Morgan fingerprint density at radius 1 is 1.62 bits per heavy atom. The molecule has 0 unspecified atom stereocenters. The molecule has 0 saturated carbocycles. The van der Waals surface area contributed by atoms with Crippen LogP contribution in [0.2, 0.25) is 0 Å². The minimum Gasteiger partial charge on any atom is -0.372 e. The van der Waals surface area contributed by atoms with Crippen LogP contribution in [-0.2, 0) is 9.53 Å². The lowest BCUT2D eigenvalue weighted by Gasteiger charge is -2.38. The van der Waals surface area contributed by atoms with Gasteiger partial charge in [0.1, 0.15) is 0 Å². The lowest BCUT2D eigenvalue weighted by atomic mass is 10.1. The van der Waals surface area contributed by atoms with Crippen LogP contribution in [0.4, 0.5) is 0 Å². The molecule has 1 aliphatic heterocycles. The average Bonchev–Trinajstić information content (AvgIpc) is 2.03. The van der Waals surface area contributed by atoms with Crippen LogP contribution in [0.5, 0.6) is 0 Å². The zero-order valence-corrected chi connectivity index (χ0v) is 9.76. The first-order valence-electron chi connectivity index (χ1n) is 4.53. The SMILES string of the molecule is CC1(C)CN(C(=O)CCBr)CCO1. The van der Waals surface area contributed by atoms with Crippen molar-refractivity contribution in [3.05, 3.63) is 0 Å². The van der Waals surface area contributed by atoms with E-state index in [2.05, 4.69) is 15.9 Å². The maximum Gasteiger partial charge on any atom is 0.223 e. The summed E-state index contributed by atoms with van der Waals surface area (Å²) in [7, 11) is 0. The molecule has 1 rings (SSSR count). The molecule has 1 aliphatic rings. The van der Waals surface area contributed by atoms with Crippen LogP contribution in [-0.4, -0.2) is 41.4 Å². The summed E-state index contributed by atoms with van der Waals surface area (Å²) in [5.74, 6) is 0.216. The smallest absolute Gasteiger partial charge is 0.223 e.